The van der Waals surface area contributed by atoms with Crippen LogP contribution in [0.25, 0.3) is 0 Å². The molecule has 0 bridgehead atoms. The third kappa shape index (κ3) is 31.6. The second-order valence-corrected chi connectivity index (χ2v) is 15.3. The van der Waals surface area contributed by atoms with Crippen molar-refractivity contribution in [1.29, 1.82) is 0 Å². The molecule has 0 rings (SSSR count). The van der Waals surface area contributed by atoms with Crippen molar-refractivity contribution in [3.63, 3.8) is 0 Å². The van der Waals surface area contributed by atoms with Crippen LogP contribution in [-0.4, -0.2) is 68.5 Å². The molecule has 0 fully saturated rings. The van der Waals surface area contributed by atoms with Crippen molar-refractivity contribution in [2.24, 2.45) is 0 Å². The maximum Gasteiger partial charge on any atom is 0.268 e. The first-order valence-electron chi connectivity index (χ1n) is 18.7. The molecule has 0 heterocycles. The van der Waals surface area contributed by atoms with Gasteiger partial charge in [0.25, 0.3) is 7.82 Å². The molecule has 3 unspecified atom stereocenters. The number of likely N-dealkylation sites (N-methyl/N-ethyl adjacent to an activating group) is 1. The van der Waals surface area contributed by atoms with E-state index in [-0.39, 0.29) is 19.1 Å². The fourth-order valence-corrected chi connectivity index (χ4v) is 5.86. The van der Waals surface area contributed by atoms with Crippen LogP contribution in [0.1, 0.15) is 155 Å². The standard InChI is InChI=1S/C37H73N2O6P/c1-6-8-10-12-14-16-18-19-21-23-25-27-29-31-37(41)38-35(34-45-46(42,43)44-33-32-39(3,4)5)36(40)30-28-26-24-22-20-17-15-13-11-9-7-2/h10,12,16,18,35-36,40H,6-9,11,13-15,17,19-34H2,1-5H3,(H-,38,41,42,43)/b12-10-,18-16-. The molecule has 0 aliphatic rings. The minimum atomic E-state index is -4.55. The fourth-order valence-electron chi connectivity index (χ4n) is 5.13. The quantitative estimate of drug-likeness (QED) is 0.0312. The molecule has 0 saturated heterocycles. The van der Waals surface area contributed by atoms with Crippen LogP contribution in [0, 0.1) is 0 Å². The third-order valence-electron chi connectivity index (χ3n) is 8.17. The Morgan fingerprint density at radius 2 is 1.30 bits per heavy atom. The SMILES string of the molecule is CCC/C=C\C/C=C\CCCCCCCC(=O)NC(COP(=O)([O-])OCC[N+](C)(C)C)C(O)CCCCCCCCCCCCC. The van der Waals surface area contributed by atoms with Gasteiger partial charge in [0, 0.05) is 6.42 Å². The zero-order valence-electron chi connectivity index (χ0n) is 30.5. The van der Waals surface area contributed by atoms with E-state index in [1.54, 1.807) is 0 Å². The summed E-state index contributed by atoms with van der Waals surface area (Å²) in [4.78, 5) is 25.1. The van der Waals surface area contributed by atoms with Crippen LogP contribution < -0.4 is 10.2 Å². The van der Waals surface area contributed by atoms with Gasteiger partial charge >= 0.3 is 0 Å². The van der Waals surface area contributed by atoms with Crippen molar-refractivity contribution in [1.82, 2.24) is 5.32 Å². The minimum absolute atomic E-state index is 0.00920. The molecule has 0 aliphatic heterocycles. The van der Waals surface area contributed by atoms with Crippen LogP contribution in [0.5, 0.6) is 0 Å². The molecule has 0 radical (unpaired) electrons. The van der Waals surface area contributed by atoms with Gasteiger partial charge in [0.1, 0.15) is 13.2 Å². The summed E-state index contributed by atoms with van der Waals surface area (Å²) in [5.74, 6) is -0.183. The van der Waals surface area contributed by atoms with E-state index in [1.165, 1.54) is 57.8 Å². The van der Waals surface area contributed by atoms with Crippen LogP contribution in [0.4, 0.5) is 0 Å². The summed E-state index contributed by atoms with van der Waals surface area (Å²) in [7, 11) is 1.29. The smallest absolute Gasteiger partial charge is 0.268 e. The van der Waals surface area contributed by atoms with Gasteiger partial charge in [-0.1, -0.05) is 134 Å². The molecule has 8 nitrogen and oxygen atoms in total. The number of phosphoric acid groups is 1. The molecule has 0 aliphatic carbocycles. The van der Waals surface area contributed by atoms with Gasteiger partial charge in [0.2, 0.25) is 5.91 Å². The number of aliphatic hydroxyl groups excluding tert-OH is 1. The second-order valence-electron chi connectivity index (χ2n) is 13.9. The van der Waals surface area contributed by atoms with Crippen molar-refractivity contribution in [3.05, 3.63) is 24.3 Å². The van der Waals surface area contributed by atoms with E-state index in [0.717, 1.165) is 70.6 Å². The molecule has 2 N–H and O–H groups in total. The maximum atomic E-state index is 12.8. The number of carbonyl (C=O) groups is 1. The lowest BCUT2D eigenvalue weighted by Gasteiger charge is -2.30. The summed E-state index contributed by atoms with van der Waals surface area (Å²) in [5.41, 5.74) is 0. The molecule has 9 heteroatoms. The van der Waals surface area contributed by atoms with Crippen molar-refractivity contribution in [3.8, 4) is 0 Å². The van der Waals surface area contributed by atoms with E-state index in [2.05, 4.69) is 43.5 Å². The van der Waals surface area contributed by atoms with Crippen LogP contribution in [-0.2, 0) is 18.4 Å². The number of quaternary nitrogens is 1. The highest BCUT2D eigenvalue weighted by molar-refractivity contribution is 7.45. The van der Waals surface area contributed by atoms with Gasteiger partial charge in [-0.15, -0.1) is 0 Å². The Morgan fingerprint density at radius 3 is 1.89 bits per heavy atom. The largest absolute Gasteiger partial charge is 0.756 e. The van der Waals surface area contributed by atoms with E-state index in [4.69, 9.17) is 9.05 Å². The van der Waals surface area contributed by atoms with Gasteiger partial charge in [0.05, 0.1) is 39.9 Å². The topological polar surface area (TPSA) is 108 Å². The number of aliphatic hydroxyl groups is 1. The molecule has 0 aromatic heterocycles. The molecule has 1 amide bonds. The average molecular weight is 673 g/mol. The Balaban J connectivity index is 4.51. The lowest BCUT2D eigenvalue weighted by molar-refractivity contribution is -0.870. The Kier molecular flexibility index (Phi) is 29.4. The summed E-state index contributed by atoms with van der Waals surface area (Å²) in [6.45, 7) is 4.60. The molecule has 3 atom stereocenters. The summed E-state index contributed by atoms with van der Waals surface area (Å²) in [6, 6.07) is -0.802. The highest BCUT2D eigenvalue weighted by Crippen LogP contribution is 2.38. The molecular weight excluding hydrogens is 599 g/mol. The predicted molar refractivity (Wildman–Crippen MR) is 192 cm³/mol. The number of hydrogen-bond donors (Lipinski definition) is 2. The second kappa shape index (κ2) is 30.1. The van der Waals surface area contributed by atoms with Gasteiger partial charge in [0.15, 0.2) is 0 Å². The van der Waals surface area contributed by atoms with Crippen LogP contribution >= 0.6 is 7.82 Å². The Bertz CT molecular complexity index is 814. The average Bonchev–Trinajstić information content (AvgIpc) is 2.99. The number of rotatable bonds is 33. The van der Waals surface area contributed by atoms with Crippen molar-refractivity contribution in [2.45, 2.75) is 167 Å². The van der Waals surface area contributed by atoms with E-state index in [0.29, 0.717) is 23.9 Å². The molecule has 0 spiro atoms. The summed E-state index contributed by atoms with van der Waals surface area (Å²) >= 11 is 0. The van der Waals surface area contributed by atoms with E-state index in [1.807, 2.05) is 21.1 Å². The first-order valence-corrected chi connectivity index (χ1v) is 20.1. The van der Waals surface area contributed by atoms with Crippen LogP contribution in [0.2, 0.25) is 0 Å². The van der Waals surface area contributed by atoms with Gasteiger partial charge in [-0.3, -0.25) is 9.36 Å². The normalized spacial score (nSPS) is 15.0. The molecule has 272 valence electrons. The van der Waals surface area contributed by atoms with Gasteiger partial charge in [-0.2, -0.15) is 0 Å². The van der Waals surface area contributed by atoms with Crippen LogP contribution in [0.3, 0.4) is 0 Å². The number of nitrogens with one attached hydrogen (secondary N) is 1. The van der Waals surface area contributed by atoms with Crippen molar-refractivity contribution in [2.75, 3.05) is 40.9 Å². The number of nitrogens with zero attached hydrogens (tertiary/aromatic N) is 1. The van der Waals surface area contributed by atoms with Gasteiger partial charge in [-0.25, -0.2) is 0 Å². The maximum absolute atomic E-state index is 12.8. The van der Waals surface area contributed by atoms with E-state index in [9.17, 15) is 19.4 Å². The zero-order chi connectivity index (χ0) is 34.4. The highest BCUT2D eigenvalue weighted by atomic mass is 31.2. The van der Waals surface area contributed by atoms with Gasteiger partial charge in [-0.05, 0) is 38.5 Å². The third-order valence-corrected chi connectivity index (χ3v) is 9.14. The predicted octanol–water partition coefficient (Wildman–Crippen LogP) is 8.77. The van der Waals surface area contributed by atoms with Gasteiger partial charge < -0.3 is 28.8 Å². The highest BCUT2D eigenvalue weighted by Gasteiger charge is 2.24. The Hall–Kier alpha value is -1.02. The summed E-state index contributed by atoms with van der Waals surface area (Å²) < 4.78 is 23.1. The number of phosphoric ester groups is 1. The molecule has 0 saturated carbocycles. The molecule has 46 heavy (non-hydrogen) atoms. The minimum Gasteiger partial charge on any atom is -0.756 e. The summed E-state index contributed by atoms with van der Waals surface area (Å²) in [5, 5.41) is 13.8. The number of amides is 1. The number of carbonyl (C=O) groups excluding carboxylic acids is 1. The molecule has 0 aromatic rings. The van der Waals surface area contributed by atoms with E-state index >= 15 is 0 Å². The Morgan fingerprint density at radius 1 is 0.761 bits per heavy atom. The summed E-state index contributed by atoms with van der Waals surface area (Å²) in [6.07, 6.45) is 31.7. The number of hydrogen-bond acceptors (Lipinski definition) is 6. The molecular formula is C37H73N2O6P. The number of unbranched alkanes of at least 4 members (excludes halogenated alkanes) is 16. The Labute approximate surface area is 284 Å². The first kappa shape index (κ1) is 45.0. The number of allylic oxidation sites excluding steroid dienone is 4. The van der Waals surface area contributed by atoms with Crippen LogP contribution in [0.15, 0.2) is 24.3 Å². The molecule has 0 aromatic carbocycles. The van der Waals surface area contributed by atoms with E-state index < -0.39 is 20.0 Å². The fraction of sp³-hybridized carbons (Fsp3) is 0.865. The lowest BCUT2D eigenvalue weighted by atomic mass is 10.0. The zero-order valence-corrected chi connectivity index (χ0v) is 31.4. The van der Waals surface area contributed by atoms with Crippen molar-refractivity contribution >= 4 is 13.7 Å². The lowest BCUT2D eigenvalue weighted by Crippen LogP contribution is -2.46. The van der Waals surface area contributed by atoms with Crippen molar-refractivity contribution < 1.29 is 32.9 Å². The monoisotopic (exact) mass is 673 g/mol. The first-order chi connectivity index (χ1) is 22.0.